The summed E-state index contributed by atoms with van der Waals surface area (Å²) in [5.74, 6) is 0. The van der Waals surface area contributed by atoms with Crippen LogP contribution in [0.25, 0.3) is 91.8 Å². The molecule has 0 aliphatic carbocycles. The largest absolute Gasteiger partial charge is 0.452 e. The number of halogens is 1. The molecule has 0 amide bonds. The molecule has 0 fully saturated rings. The highest BCUT2D eigenvalue weighted by Gasteiger charge is 2.22. The van der Waals surface area contributed by atoms with Crippen molar-refractivity contribution in [2.75, 3.05) is 0 Å². The van der Waals surface area contributed by atoms with E-state index < -0.39 is 0 Å². The molecule has 0 radical (unpaired) electrons. The van der Waals surface area contributed by atoms with E-state index in [2.05, 4.69) is 112 Å². The van der Waals surface area contributed by atoms with Crippen LogP contribution in [0.2, 0.25) is 5.28 Å². The summed E-state index contributed by atoms with van der Waals surface area (Å²) >= 11 is 8.32. The molecule has 0 aliphatic heterocycles. The number of thiophene rings is 1. The lowest BCUT2D eigenvalue weighted by Gasteiger charge is -2.12. The molecule has 0 bridgehead atoms. The van der Waals surface area contributed by atoms with Crippen LogP contribution in [-0.2, 0) is 0 Å². The predicted molar refractivity (Wildman–Crippen MR) is 196 cm³/mol. The molecular weight excluding hydrogens is 606 g/mol. The molecule has 0 spiro atoms. The lowest BCUT2D eigenvalue weighted by Crippen LogP contribution is -1.95. The molecule has 6 heteroatoms. The summed E-state index contributed by atoms with van der Waals surface area (Å²) in [6, 6.07) is 42.7. The fraction of sp³-hybridized carbons (Fsp3) is 0.0500. The number of aromatic nitrogens is 3. The van der Waals surface area contributed by atoms with Crippen molar-refractivity contribution in [1.29, 1.82) is 0 Å². The Morgan fingerprint density at radius 1 is 0.630 bits per heavy atom. The molecule has 10 aromatic rings. The summed E-state index contributed by atoms with van der Waals surface area (Å²) in [7, 11) is 0. The maximum atomic E-state index is 6.44. The van der Waals surface area contributed by atoms with Crippen LogP contribution in [0.3, 0.4) is 0 Å². The van der Waals surface area contributed by atoms with E-state index in [0.29, 0.717) is 11.3 Å². The second-order valence-electron chi connectivity index (χ2n) is 11.1. The first-order valence-corrected chi connectivity index (χ1v) is 16.6. The molecule has 0 N–H and O–H groups in total. The van der Waals surface area contributed by atoms with E-state index in [1.165, 1.54) is 52.8 Å². The Kier molecular flexibility index (Phi) is 6.14. The van der Waals surface area contributed by atoms with Gasteiger partial charge < -0.3 is 8.98 Å². The Morgan fingerprint density at radius 2 is 1.28 bits per heavy atom. The zero-order valence-corrected chi connectivity index (χ0v) is 26.7. The van der Waals surface area contributed by atoms with E-state index in [1.807, 2.05) is 49.4 Å². The molecule has 4 nitrogen and oxygen atoms in total. The van der Waals surface area contributed by atoms with Crippen LogP contribution >= 0.6 is 22.9 Å². The molecule has 10 rings (SSSR count). The van der Waals surface area contributed by atoms with Crippen LogP contribution < -0.4 is 0 Å². The Bertz CT molecular complexity index is 2790. The highest BCUT2D eigenvalue weighted by molar-refractivity contribution is 7.27. The van der Waals surface area contributed by atoms with Gasteiger partial charge in [0.1, 0.15) is 16.8 Å². The number of fused-ring (bicyclic) bond motifs is 13. The van der Waals surface area contributed by atoms with E-state index >= 15 is 0 Å². The predicted octanol–water partition coefficient (Wildman–Crippen LogP) is 12.3. The quantitative estimate of drug-likeness (QED) is 0.178. The Hall–Kier alpha value is -5.23. The van der Waals surface area contributed by atoms with E-state index in [-0.39, 0.29) is 5.28 Å². The summed E-state index contributed by atoms with van der Waals surface area (Å²) in [6.45, 7) is 4.00. The Labute approximate surface area is 273 Å². The zero-order valence-electron chi connectivity index (χ0n) is 25.1. The molecule has 0 unspecified atom stereocenters. The monoisotopic (exact) mass is 631 g/mol. The SMILES string of the molecule is CC.Clc1nc(-c2ccc(-n3c4ccccc4c4c5c6ccccc6sc5c5ccccc5c43)cc2)c2oc3ccccc3c2n1. The third-order valence-corrected chi connectivity index (χ3v) is 10.1. The van der Waals surface area contributed by atoms with Gasteiger partial charge in [0.2, 0.25) is 5.28 Å². The first kappa shape index (κ1) is 27.1. The van der Waals surface area contributed by atoms with Gasteiger partial charge in [-0.15, -0.1) is 11.3 Å². The lowest BCUT2D eigenvalue weighted by molar-refractivity contribution is 0.667. The van der Waals surface area contributed by atoms with Gasteiger partial charge in [-0.2, -0.15) is 0 Å². The normalized spacial score (nSPS) is 11.8. The average molecular weight is 632 g/mol. The van der Waals surface area contributed by atoms with E-state index in [0.717, 1.165) is 27.7 Å². The second kappa shape index (κ2) is 10.4. The van der Waals surface area contributed by atoms with Crippen molar-refractivity contribution in [1.82, 2.24) is 14.5 Å². The Balaban J connectivity index is 0.00000143. The van der Waals surface area contributed by atoms with Gasteiger partial charge in [0.25, 0.3) is 0 Å². The molecule has 0 saturated carbocycles. The minimum atomic E-state index is 0.198. The summed E-state index contributed by atoms with van der Waals surface area (Å²) in [5.41, 5.74) is 7.19. The van der Waals surface area contributed by atoms with Gasteiger partial charge in [-0.1, -0.05) is 98.8 Å². The summed E-state index contributed by atoms with van der Waals surface area (Å²) in [4.78, 5) is 9.12. The number of rotatable bonds is 2. The highest BCUT2D eigenvalue weighted by atomic mass is 35.5. The third-order valence-electron chi connectivity index (χ3n) is 8.74. The molecule has 0 atom stereocenters. The molecular formula is C40H26ClN3OS. The topological polar surface area (TPSA) is 43.9 Å². The standard InChI is InChI=1S/C38H20ClN3OS.C2H6/c39-38-40-33(36-34(41-38)26-12-4-7-15-29(26)43-36)21-17-19-22(20-18-21)42-28-14-6-3-11-25(28)31-32-27-13-5-8-16-30(27)44-37(32)24-10-2-1-9-23(24)35(31)42;1-2/h1-20H;1-2H3. The first-order chi connectivity index (χ1) is 22.7. The molecule has 46 heavy (non-hydrogen) atoms. The lowest BCUT2D eigenvalue weighted by atomic mass is 10.00. The molecule has 6 aromatic carbocycles. The number of nitrogens with zero attached hydrogens (tertiary/aromatic N) is 3. The third kappa shape index (κ3) is 3.79. The summed E-state index contributed by atoms with van der Waals surface area (Å²) in [6.07, 6.45) is 0. The van der Waals surface area contributed by atoms with Crippen molar-refractivity contribution in [3.05, 3.63) is 127 Å². The number of benzene rings is 6. The summed E-state index contributed by atoms with van der Waals surface area (Å²) < 4.78 is 11.3. The summed E-state index contributed by atoms with van der Waals surface area (Å²) in [5, 5.41) is 8.82. The second-order valence-corrected chi connectivity index (χ2v) is 12.5. The first-order valence-electron chi connectivity index (χ1n) is 15.5. The van der Waals surface area contributed by atoms with Gasteiger partial charge >= 0.3 is 0 Å². The van der Waals surface area contributed by atoms with Crippen molar-refractivity contribution in [2.45, 2.75) is 13.8 Å². The van der Waals surface area contributed by atoms with E-state index in [4.69, 9.17) is 16.0 Å². The number of furan rings is 1. The molecule has 220 valence electrons. The van der Waals surface area contributed by atoms with Crippen LogP contribution in [0.1, 0.15) is 13.8 Å². The van der Waals surface area contributed by atoms with Crippen molar-refractivity contribution in [3.63, 3.8) is 0 Å². The molecule has 0 saturated heterocycles. The van der Waals surface area contributed by atoms with Crippen LogP contribution in [0.5, 0.6) is 0 Å². The van der Waals surface area contributed by atoms with Gasteiger partial charge in [-0.3, -0.25) is 0 Å². The van der Waals surface area contributed by atoms with Crippen molar-refractivity contribution < 1.29 is 4.42 Å². The van der Waals surface area contributed by atoms with E-state index in [9.17, 15) is 0 Å². The molecule has 0 aliphatic rings. The van der Waals surface area contributed by atoms with Gasteiger partial charge in [0.15, 0.2) is 5.58 Å². The average Bonchev–Trinajstić information content (AvgIpc) is 3.79. The smallest absolute Gasteiger partial charge is 0.223 e. The Morgan fingerprint density at radius 3 is 2.09 bits per heavy atom. The van der Waals surface area contributed by atoms with Crippen molar-refractivity contribution in [2.24, 2.45) is 0 Å². The zero-order chi connectivity index (χ0) is 30.9. The van der Waals surface area contributed by atoms with Gasteiger partial charge in [-0.25, -0.2) is 9.97 Å². The van der Waals surface area contributed by atoms with Crippen LogP contribution in [0.4, 0.5) is 0 Å². The minimum absolute atomic E-state index is 0.198. The van der Waals surface area contributed by atoms with Crippen LogP contribution in [-0.4, -0.2) is 14.5 Å². The fourth-order valence-corrected chi connectivity index (χ4v) is 8.33. The van der Waals surface area contributed by atoms with Gasteiger partial charge in [0, 0.05) is 58.4 Å². The van der Waals surface area contributed by atoms with E-state index in [1.54, 1.807) is 0 Å². The highest BCUT2D eigenvalue weighted by Crippen LogP contribution is 2.48. The minimum Gasteiger partial charge on any atom is -0.452 e. The van der Waals surface area contributed by atoms with Gasteiger partial charge in [-0.05, 0) is 48.0 Å². The maximum Gasteiger partial charge on any atom is 0.223 e. The number of para-hydroxylation sites is 2. The molecule has 4 heterocycles. The number of hydrogen-bond acceptors (Lipinski definition) is 4. The van der Waals surface area contributed by atoms with Crippen molar-refractivity contribution >= 4 is 97.8 Å². The molecule has 4 aromatic heterocycles. The van der Waals surface area contributed by atoms with Crippen LogP contribution in [0.15, 0.2) is 126 Å². The maximum absolute atomic E-state index is 6.44. The van der Waals surface area contributed by atoms with Crippen LogP contribution in [0, 0.1) is 0 Å². The fourth-order valence-electron chi connectivity index (χ4n) is 6.91. The van der Waals surface area contributed by atoms with Gasteiger partial charge in [0.05, 0.1) is 11.0 Å². The van der Waals surface area contributed by atoms with Crippen molar-refractivity contribution in [3.8, 4) is 16.9 Å². The number of hydrogen-bond donors (Lipinski definition) is 0.